The smallest absolute Gasteiger partial charge is 0.254 e. The van der Waals surface area contributed by atoms with Gasteiger partial charge in [-0.3, -0.25) is 4.79 Å². The van der Waals surface area contributed by atoms with E-state index in [0.29, 0.717) is 30.9 Å². The van der Waals surface area contributed by atoms with Crippen molar-refractivity contribution in [2.75, 3.05) is 13.1 Å². The summed E-state index contributed by atoms with van der Waals surface area (Å²) in [7, 11) is 0. The SMILES string of the molecule is CCc1c(C(=O)NCCCN)cnn1-c1ccccn1. The van der Waals surface area contributed by atoms with Gasteiger partial charge in [0.1, 0.15) is 0 Å². The maximum absolute atomic E-state index is 12.1. The van der Waals surface area contributed by atoms with Crippen LogP contribution in [0.5, 0.6) is 0 Å². The third-order valence-corrected chi connectivity index (χ3v) is 2.98. The van der Waals surface area contributed by atoms with E-state index in [0.717, 1.165) is 12.1 Å². The first-order valence-corrected chi connectivity index (χ1v) is 6.74. The zero-order valence-electron chi connectivity index (χ0n) is 11.5. The topological polar surface area (TPSA) is 85.8 Å². The number of hydrogen-bond donors (Lipinski definition) is 2. The third kappa shape index (κ3) is 3.03. The molecule has 106 valence electrons. The van der Waals surface area contributed by atoms with Crippen molar-refractivity contribution in [3.05, 3.63) is 41.9 Å². The maximum atomic E-state index is 12.1. The van der Waals surface area contributed by atoms with Crippen molar-refractivity contribution in [2.24, 2.45) is 5.73 Å². The van der Waals surface area contributed by atoms with Crippen molar-refractivity contribution in [3.63, 3.8) is 0 Å². The highest BCUT2D eigenvalue weighted by molar-refractivity contribution is 5.95. The Morgan fingerprint density at radius 2 is 2.30 bits per heavy atom. The fourth-order valence-electron chi connectivity index (χ4n) is 1.98. The molecule has 0 radical (unpaired) electrons. The van der Waals surface area contributed by atoms with E-state index in [1.165, 1.54) is 0 Å². The zero-order valence-corrected chi connectivity index (χ0v) is 11.5. The fraction of sp³-hybridized carbons (Fsp3) is 0.357. The average Bonchev–Trinajstić information content (AvgIpc) is 2.92. The second-order valence-corrected chi connectivity index (χ2v) is 4.36. The maximum Gasteiger partial charge on any atom is 0.254 e. The van der Waals surface area contributed by atoms with E-state index in [9.17, 15) is 4.79 Å². The minimum Gasteiger partial charge on any atom is -0.352 e. The van der Waals surface area contributed by atoms with E-state index < -0.39 is 0 Å². The first-order chi connectivity index (χ1) is 9.77. The van der Waals surface area contributed by atoms with Crippen LogP contribution in [0.4, 0.5) is 0 Å². The normalized spacial score (nSPS) is 10.5. The van der Waals surface area contributed by atoms with Crippen molar-refractivity contribution < 1.29 is 4.79 Å². The number of hydrogen-bond acceptors (Lipinski definition) is 4. The van der Waals surface area contributed by atoms with Gasteiger partial charge in [0.2, 0.25) is 0 Å². The largest absolute Gasteiger partial charge is 0.352 e. The first-order valence-electron chi connectivity index (χ1n) is 6.74. The molecule has 0 saturated carbocycles. The molecule has 0 aliphatic rings. The summed E-state index contributed by atoms with van der Waals surface area (Å²) in [6.07, 6.45) is 4.76. The van der Waals surface area contributed by atoms with Crippen LogP contribution in [-0.2, 0) is 6.42 Å². The van der Waals surface area contributed by atoms with E-state index in [-0.39, 0.29) is 5.91 Å². The molecular weight excluding hydrogens is 254 g/mol. The molecule has 0 unspecified atom stereocenters. The summed E-state index contributed by atoms with van der Waals surface area (Å²) in [4.78, 5) is 16.4. The lowest BCUT2D eigenvalue weighted by molar-refractivity contribution is 0.0952. The number of aromatic nitrogens is 3. The molecular formula is C14H19N5O. The van der Waals surface area contributed by atoms with Gasteiger partial charge in [0.15, 0.2) is 5.82 Å². The number of nitrogens with one attached hydrogen (secondary N) is 1. The van der Waals surface area contributed by atoms with Crippen LogP contribution < -0.4 is 11.1 Å². The molecule has 2 aromatic heterocycles. The summed E-state index contributed by atoms with van der Waals surface area (Å²) in [5.74, 6) is 0.600. The molecule has 0 bridgehead atoms. The van der Waals surface area contributed by atoms with Gasteiger partial charge in [0.05, 0.1) is 17.5 Å². The Morgan fingerprint density at radius 1 is 1.45 bits per heavy atom. The van der Waals surface area contributed by atoms with E-state index >= 15 is 0 Å². The minimum absolute atomic E-state index is 0.113. The number of amides is 1. The van der Waals surface area contributed by atoms with Crippen molar-refractivity contribution in [3.8, 4) is 5.82 Å². The van der Waals surface area contributed by atoms with Gasteiger partial charge in [-0.1, -0.05) is 13.0 Å². The monoisotopic (exact) mass is 273 g/mol. The minimum atomic E-state index is -0.113. The van der Waals surface area contributed by atoms with Crippen molar-refractivity contribution in [2.45, 2.75) is 19.8 Å². The van der Waals surface area contributed by atoms with Crippen molar-refractivity contribution in [1.29, 1.82) is 0 Å². The Kier molecular flexibility index (Phi) is 4.84. The lowest BCUT2D eigenvalue weighted by atomic mass is 10.2. The van der Waals surface area contributed by atoms with E-state index in [2.05, 4.69) is 15.4 Å². The lowest BCUT2D eigenvalue weighted by Gasteiger charge is -2.07. The fourth-order valence-corrected chi connectivity index (χ4v) is 1.98. The summed E-state index contributed by atoms with van der Waals surface area (Å²) < 4.78 is 1.71. The van der Waals surface area contributed by atoms with Gasteiger partial charge in [-0.2, -0.15) is 5.10 Å². The molecule has 2 rings (SSSR count). The lowest BCUT2D eigenvalue weighted by Crippen LogP contribution is -2.26. The van der Waals surface area contributed by atoms with Crippen molar-refractivity contribution in [1.82, 2.24) is 20.1 Å². The summed E-state index contributed by atoms with van der Waals surface area (Å²) in [6.45, 7) is 3.13. The Balaban J connectivity index is 2.24. The van der Waals surface area contributed by atoms with Crippen LogP contribution >= 0.6 is 0 Å². The standard InChI is InChI=1S/C14H19N5O/c1-2-12-11(14(20)17-9-5-7-15)10-18-19(12)13-6-3-4-8-16-13/h3-4,6,8,10H,2,5,7,9,15H2,1H3,(H,17,20). The molecule has 3 N–H and O–H groups in total. The Bertz CT molecular complexity index is 564. The molecule has 0 fully saturated rings. The van der Waals surface area contributed by atoms with Crippen LogP contribution in [0.3, 0.4) is 0 Å². The van der Waals surface area contributed by atoms with Crippen molar-refractivity contribution >= 4 is 5.91 Å². The molecule has 6 heteroatoms. The molecule has 0 aromatic carbocycles. The van der Waals surface area contributed by atoms with Crippen LogP contribution in [0.2, 0.25) is 0 Å². The predicted octanol–water partition coefficient (Wildman–Crippen LogP) is 0.908. The molecule has 2 aromatic rings. The number of nitrogens with zero attached hydrogens (tertiary/aromatic N) is 3. The third-order valence-electron chi connectivity index (χ3n) is 2.98. The van der Waals surface area contributed by atoms with Crippen LogP contribution in [-0.4, -0.2) is 33.8 Å². The Hall–Kier alpha value is -2.21. The van der Waals surface area contributed by atoms with E-state index in [1.54, 1.807) is 17.1 Å². The number of pyridine rings is 1. The number of carbonyl (C=O) groups excluding carboxylic acids is 1. The van der Waals surface area contributed by atoms with E-state index in [1.807, 2.05) is 25.1 Å². The van der Waals surface area contributed by atoms with Gasteiger partial charge in [-0.05, 0) is 31.5 Å². The number of carbonyl (C=O) groups is 1. The van der Waals surface area contributed by atoms with Gasteiger partial charge in [-0.15, -0.1) is 0 Å². The Morgan fingerprint density at radius 3 is 2.95 bits per heavy atom. The summed E-state index contributed by atoms with van der Waals surface area (Å²) >= 11 is 0. The predicted molar refractivity (Wildman–Crippen MR) is 76.7 cm³/mol. The highest BCUT2D eigenvalue weighted by atomic mass is 16.1. The van der Waals surface area contributed by atoms with Crippen LogP contribution in [0.25, 0.3) is 5.82 Å². The molecule has 20 heavy (non-hydrogen) atoms. The molecule has 2 heterocycles. The molecule has 0 spiro atoms. The molecule has 0 atom stereocenters. The van der Waals surface area contributed by atoms with Crippen LogP contribution in [0.15, 0.2) is 30.6 Å². The number of rotatable bonds is 6. The van der Waals surface area contributed by atoms with Gasteiger partial charge in [-0.25, -0.2) is 9.67 Å². The first kappa shape index (κ1) is 14.2. The highest BCUT2D eigenvalue weighted by Gasteiger charge is 2.16. The Labute approximate surface area is 118 Å². The van der Waals surface area contributed by atoms with Gasteiger partial charge < -0.3 is 11.1 Å². The molecule has 0 aliphatic heterocycles. The molecule has 1 amide bonds. The van der Waals surface area contributed by atoms with Gasteiger partial charge in [0, 0.05) is 12.7 Å². The van der Waals surface area contributed by atoms with Gasteiger partial charge in [0.25, 0.3) is 5.91 Å². The second-order valence-electron chi connectivity index (χ2n) is 4.36. The quantitative estimate of drug-likeness (QED) is 0.766. The molecule has 6 nitrogen and oxygen atoms in total. The summed E-state index contributed by atoms with van der Waals surface area (Å²) in [6, 6.07) is 5.60. The average molecular weight is 273 g/mol. The number of nitrogens with two attached hydrogens (primary N) is 1. The second kappa shape index (κ2) is 6.81. The van der Waals surface area contributed by atoms with E-state index in [4.69, 9.17) is 5.73 Å². The zero-order chi connectivity index (χ0) is 14.4. The van der Waals surface area contributed by atoms with Crippen LogP contribution in [0.1, 0.15) is 29.4 Å². The van der Waals surface area contributed by atoms with Gasteiger partial charge >= 0.3 is 0 Å². The van der Waals surface area contributed by atoms with Crippen LogP contribution in [0, 0.1) is 0 Å². The molecule has 0 saturated heterocycles. The highest BCUT2D eigenvalue weighted by Crippen LogP contribution is 2.14. The summed E-state index contributed by atoms with van der Waals surface area (Å²) in [5.41, 5.74) is 6.86. The summed E-state index contributed by atoms with van der Waals surface area (Å²) in [5, 5.41) is 7.12. The molecule has 0 aliphatic carbocycles.